The number of anilines is 3. The second-order valence-electron chi connectivity index (χ2n) is 6.37. The first kappa shape index (κ1) is 16.3. The molecule has 4 rings (SSSR count). The summed E-state index contributed by atoms with van der Waals surface area (Å²) < 4.78 is 1.80. The number of amides is 1. The van der Waals surface area contributed by atoms with Gasteiger partial charge in [0.25, 0.3) is 0 Å². The molecule has 1 atom stereocenters. The van der Waals surface area contributed by atoms with Crippen LogP contribution < -0.4 is 21.7 Å². The lowest BCUT2D eigenvalue weighted by molar-refractivity contribution is 0.100. The third-order valence-corrected chi connectivity index (χ3v) is 4.43. The van der Waals surface area contributed by atoms with Gasteiger partial charge in [-0.15, -0.1) is 5.10 Å². The zero-order valence-corrected chi connectivity index (χ0v) is 14.3. The van der Waals surface area contributed by atoms with Crippen molar-refractivity contribution < 1.29 is 4.79 Å². The van der Waals surface area contributed by atoms with Gasteiger partial charge in [0.1, 0.15) is 5.82 Å². The van der Waals surface area contributed by atoms with Crippen molar-refractivity contribution in [2.24, 2.45) is 5.73 Å². The maximum atomic E-state index is 11.2. The van der Waals surface area contributed by atoms with Crippen LogP contribution in [0, 0.1) is 0 Å². The summed E-state index contributed by atoms with van der Waals surface area (Å²) in [5, 5.41) is 14.6. The second kappa shape index (κ2) is 7.01. The summed E-state index contributed by atoms with van der Waals surface area (Å²) in [6, 6.07) is 13.2. The lowest BCUT2D eigenvalue weighted by atomic mass is 10.1. The molecular weight excluding hydrogens is 330 g/mol. The molecule has 3 aromatic rings. The van der Waals surface area contributed by atoms with E-state index in [1.165, 1.54) is 6.42 Å². The largest absolute Gasteiger partial charge is 0.366 e. The van der Waals surface area contributed by atoms with E-state index in [-0.39, 0.29) is 0 Å². The van der Waals surface area contributed by atoms with Gasteiger partial charge in [0, 0.05) is 23.8 Å². The third kappa shape index (κ3) is 3.45. The fraction of sp³-hybridized carbons (Fsp3) is 0.278. The molecule has 3 heterocycles. The van der Waals surface area contributed by atoms with Gasteiger partial charge < -0.3 is 21.7 Å². The van der Waals surface area contributed by atoms with Crippen LogP contribution in [0.1, 0.15) is 23.2 Å². The number of hydrogen-bond donors (Lipinski definition) is 4. The molecule has 1 unspecified atom stereocenters. The number of rotatable bonds is 5. The van der Waals surface area contributed by atoms with Gasteiger partial charge in [-0.05, 0) is 55.8 Å². The molecule has 0 aliphatic carbocycles. The van der Waals surface area contributed by atoms with Crippen LogP contribution in [0.2, 0.25) is 0 Å². The highest BCUT2D eigenvalue weighted by atomic mass is 16.1. The van der Waals surface area contributed by atoms with Gasteiger partial charge in [0.05, 0.1) is 0 Å². The van der Waals surface area contributed by atoms with Gasteiger partial charge in [0.2, 0.25) is 11.9 Å². The highest BCUT2D eigenvalue weighted by molar-refractivity contribution is 5.93. The predicted octanol–water partition coefficient (Wildman–Crippen LogP) is 1.74. The number of nitrogens with two attached hydrogens (primary N) is 1. The van der Waals surface area contributed by atoms with Crippen molar-refractivity contribution in [1.29, 1.82) is 0 Å². The van der Waals surface area contributed by atoms with Crippen molar-refractivity contribution >= 4 is 29.0 Å². The minimum Gasteiger partial charge on any atom is -0.366 e. The van der Waals surface area contributed by atoms with Crippen molar-refractivity contribution in [2.45, 2.75) is 18.9 Å². The van der Waals surface area contributed by atoms with Gasteiger partial charge in [-0.2, -0.15) is 9.50 Å². The molecule has 0 spiro atoms. The third-order valence-electron chi connectivity index (χ3n) is 4.43. The summed E-state index contributed by atoms with van der Waals surface area (Å²) in [7, 11) is 0. The van der Waals surface area contributed by atoms with Crippen molar-refractivity contribution in [2.75, 3.05) is 23.7 Å². The van der Waals surface area contributed by atoms with E-state index in [4.69, 9.17) is 5.73 Å². The SMILES string of the molecule is NC(=O)c1ccc(Nc2nc3cccc(NC4CCCNC4)n3n2)cc1. The molecule has 134 valence electrons. The molecular formula is C18H21N7O. The molecule has 0 saturated carbocycles. The summed E-state index contributed by atoms with van der Waals surface area (Å²) in [4.78, 5) is 15.7. The molecule has 1 fully saturated rings. The second-order valence-corrected chi connectivity index (χ2v) is 6.37. The Hall–Kier alpha value is -3.13. The summed E-state index contributed by atoms with van der Waals surface area (Å²) in [5.74, 6) is 0.962. The summed E-state index contributed by atoms with van der Waals surface area (Å²) in [5.41, 5.74) is 7.27. The predicted molar refractivity (Wildman–Crippen MR) is 101 cm³/mol. The number of nitrogens with one attached hydrogen (secondary N) is 3. The van der Waals surface area contributed by atoms with Crippen LogP contribution in [-0.4, -0.2) is 39.6 Å². The van der Waals surface area contributed by atoms with E-state index in [2.05, 4.69) is 26.0 Å². The minimum atomic E-state index is -0.449. The number of fused-ring (bicyclic) bond motifs is 1. The zero-order valence-electron chi connectivity index (χ0n) is 14.3. The number of primary amides is 1. The van der Waals surface area contributed by atoms with Gasteiger partial charge in [-0.1, -0.05) is 6.07 Å². The molecule has 1 aromatic carbocycles. The first-order valence-electron chi connectivity index (χ1n) is 8.69. The molecule has 8 nitrogen and oxygen atoms in total. The minimum absolute atomic E-state index is 0.385. The average Bonchev–Trinajstić information content (AvgIpc) is 3.06. The average molecular weight is 351 g/mol. The Bertz CT molecular complexity index is 913. The maximum absolute atomic E-state index is 11.2. The molecule has 0 radical (unpaired) electrons. The Morgan fingerprint density at radius 1 is 1.23 bits per heavy atom. The van der Waals surface area contributed by atoms with E-state index < -0.39 is 5.91 Å². The lowest BCUT2D eigenvalue weighted by Crippen LogP contribution is -2.38. The number of carbonyl (C=O) groups excluding carboxylic acids is 1. The standard InChI is InChI=1S/C18H21N7O/c19-17(26)12-6-8-13(9-7-12)22-18-23-16-5-1-4-15(25(16)24-18)21-14-3-2-10-20-11-14/h1,4-9,14,20-21H,2-3,10-11H2,(H2,19,26)(H,22,24). The fourth-order valence-electron chi connectivity index (χ4n) is 3.10. The molecule has 26 heavy (non-hydrogen) atoms. The number of aromatic nitrogens is 3. The monoisotopic (exact) mass is 351 g/mol. The van der Waals surface area contributed by atoms with Gasteiger partial charge >= 0.3 is 0 Å². The maximum Gasteiger partial charge on any atom is 0.248 e. The van der Waals surface area contributed by atoms with E-state index in [0.29, 0.717) is 17.6 Å². The molecule has 1 aliphatic heterocycles. The van der Waals surface area contributed by atoms with Crippen molar-refractivity contribution in [3.63, 3.8) is 0 Å². The topological polar surface area (TPSA) is 109 Å². The summed E-state index contributed by atoms with van der Waals surface area (Å²) in [6.07, 6.45) is 2.30. The molecule has 2 aromatic heterocycles. The van der Waals surface area contributed by atoms with Crippen LogP contribution in [0.3, 0.4) is 0 Å². The number of nitrogens with zero attached hydrogens (tertiary/aromatic N) is 3. The van der Waals surface area contributed by atoms with Gasteiger partial charge in [-0.3, -0.25) is 4.79 Å². The van der Waals surface area contributed by atoms with Crippen LogP contribution in [-0.2, 0) is 0 Å². The number of carbonyl (C=O) groups is 1. The van der Waals surface area contributed by atoms with Crippen LogP contribution >= 0.6 is 0 Å². The fourth-order valence-corrected chi connectivity index (χ4v) is 3.10. The molecule has 5 N–H and O–H groups in total. The van der Waals surface area contributed by atoms with E-state index in [1.54, 1.807) is 28.8 Å². The van der Waals surface area contributed by atoms with Gasteiger partial charge in [0.15, 0.2) is 5.65 Å². The molecule has 0 bridgehead atoms. The molecule has 8 heteroatoms. The quantitative estimate of drug-likeness (QED) is 0.557. The molecule has 1 aliphatic rings. The Morgan fingerprint density at radius 2 is 2.08 bits per heavy atom. The van der Waals surface area contributed by atoms with Crippen LogP contribution in [0.15, 0.2) is 42.5 Å². The summed E-state index contributed by atoms with van der Waals surface area (Å²) >= 11 is 0. The Morgan fingerprint density at radius 3 is 2.81 bits per heavy atom. The first-order chi connectivity index (χ1) is 12.7. The number of piperidine rings is 1. The Kier molecular flexibility index (Phi) is 4.40. The van der Waals surface area contributed by atoms with E-state index in [9.17, 15) is 4.79 Å². The smallest absolute Gasteiger partial charge is 0.248 e. The van der Waals surface area contributed by atoms with Crippen molar-refractivity contribution in [1.82, 2.24) is 19.9 Å². The lowest BCUT2D eigenvalue weighted by Gasteiger charge is -2.24. The van der Waals surface area contributed by atoms with E-state index in [1.807, 2.05) is 18.2 Å². The highest BCUT2D eigenvalue weighted by Crippen LogP contribution is 2.19. The normalized spacial score (nSPS) is 17.2. The van der Waals surface area contributed by atoms with Crippen LogP contribution in [0.25, 0.3) is 5.65 Å². The van der Waals surface area contributed by atoms with E-state index in [0.717, 1.165) is 36.7 Å². The van der Waals surface area contributed by atoms with E-state index >= 15 is 0 Å². The molecule has 1 saturated heterocycles. The number of hydrogen-bond acceptors (Lipinski definition) is 6. The Balaban J connectivity index is 1.55. The van der Waals surface area contributed by atoms with Crippen LogP contribution in [0.4, 0.5) is 17.5 Å². The summed E-state index contributed by atoms with van der Waals surface area (Å²) in [6.45, 7) is 2.02. The Labute approximate surface area is 150 Å². The highest BCUT2D eigenvalue weighted by Gasteiger charge is 2.15. The van der Waals surface area contributed by atoms with Gasteiger partial charge in [-0.25, -0.2) is 0 Å². The number of benzene rings is 1. The van der Waals surface area contributed by atoms with Crippen LogP contribution in [0.5, 0.6) is 0 Å². The first-order valence-corrected chi connectivity index (χ1v) is 8.69. The zero-order chi connectivity index (χ0) is 17.9. The van der Waals surface area contributed by atoms with Crippen molar-refractivity contribution in [3.05, 3.63) is 48.0 Å². The number of pyridine rings is 1. The van der Waals surface area contributed by atoms with Crippen molar-refractivity contribution in [3.8, 4) is 0 Å². The molecule has 1 amide bonds.